The minimum atomic E-state index is -0.294. The Hall–Kier alpha value is -3.81. The van der Waals surface area contributed by atoms with Crippen LogP contribution >= 0.6 is 0 Å². The van der Waals surface area contributed by atoms with Gasteiger partial charge in [-0.25, -0.2) is 4.98 Å². The minimum Gasteiger partial charge on any atom is -0.486 e. The van der Waals surface area contributed by atoms with Crippen LogP contribution in [0.4, 0.5) is 0 Å². The van der Waals surface area contributed by atoms with Crippen LogP contribution in [0.2, 0.25) is 0 Å². The van der Waals surface area contributed by atoms with Crippen LogP contribution in [0.15, 0.2) is 45.3 Å². The van der Waals surface area contributed by atoms with E-state index < -0.39 is 0 Å². The van der Waals surface area contributed by atoms with E-state index in [0.717, 1.165) is 17.1 Å². The minimum absolute atomic E-state index is 0.264. The molecule has 5 rings (SSSR count). The molecule has 0 bridgehead atoms. The molecule has 158 valence electrons. The molecule has 4 heterocycles. The van der Waals surface area contributed by atoms with Crippen molar-refractivity contribution in [2.24, 2.45) is 0 Å². The van der Waals surface area contributed by atoms with Crippen molar-refractivity contribution in [2.75, 3.05) is 13.2 Å². The number of fused-ring (bicyclic) bond motifs is 2. The van der Waals surface area contributed by atoms with E-state index in [-0.39, 0.29) is 12.0 Å². The molecular weight excluding hydrogens is 398 g/mol. The van der Waals surface area contributed by atoms with Crippen LogP contribution in [0.5, 0.6) is 11.5 Å². The van der Waals surface area contributed by atoms with Gasteiger partial charge < -0.3 is 23.7 Å². The van der Waals surface area contributed by atoms with Gasteiger partial charge in [0.15, 0.2) is 11.5 Å². The van der Waals surface area contributed by atoms with Crippen molar-refractivity contribution >= 4 is 17.0 Å². The van der Waals surface area contributed by atoms with Crippen molar-refractivity contribution in [3.05, 3.63) is 59.2 Å². The molecule has 1 amide bonds. The molecule has 1 atom stereocenters. The number of amides is 1. The summed E-state index contributed by atoms with van der Waals surface area (Å²) < 4.78 is 22.6. The summed E-state index contributed by atoms with van der Waals surface area (Å²) in [7, 11) is 0. The van der Waals surface area contributed by atoms with Gasteiger partial charge in [0, 0.05) is 5.56 Å². The van der Waals surface area contributed by atoms with Gasteiger partial charge in [0.2, 0.25) is 0 Å². The Bertz CT molecular complexity index is 1290. The highest BCUT2D eigenvalue weighted by Crippen LogP contribution is 2.32. The average molecular weight is 419 g/mol. The van der Waals surface area contributed by atoms with Gasteiger partial charge in [0.25, 0.3) is 11.6 Å². The molecule has 8 heteroatoms. The number of carbonyl (C=O) groups excluding carboxylic acids is 1. The largest absolute Gasteiger partial charge is 0.486 e. The fourth-order valence-corrected chi connectivity index (χ4v) is 3.76. The summed E-state index contributed by atoms with van der Waals surface area (Å²) in [5.74, 6) is 2.60. The Balaban J connectivity index is 1.42. The van der Waals surface area contributed by atoms with Gasteiger partial charge in [0.1, 0.15) is 24.2 Å². The first-order valence-electron chi connectivity index (χ1n) is 10.0. The molecule has 8 nitrogen and oxygen atoms in total. The Morgan fingerprint density at radius 2 is 1.97 bits per heavy atom. The second kappa shape index (κ2) is 7.46. The molecule has 0 saturated heterocycles. The third-order valence-electron chi connectivity index (χ3n) is 5.24. The fourth-order valence-electron chi connectivity index (χ4n) is 3.76. The van der Waals surface area contributed by atoms with Crippen molar-refractivity contribution in [1.82, 2.24) is 15.5 Å². The van der Waals surface area contributed by atoms with Crippen LogP contribution in [0.3, 0.4) is 0 Å². The second-order valence-electron chi connectivity index (χ2n) is 7.54. The van der Waals surface area contributed by atoms with Crippen molar-refractivity contribution in [3.63, 3.8) is 0 Å². The Morgan fingerprint density at radius 1 is 1.16 bits per heavy atom. The normalized spacial score (nSPS) is 15.3. The summed E-state index contributed by atoms with van der Waals surface area (Å²) in [6.07, 6.45) is -0.294. The van der Waals surface area contributed by atoms with Crippen LogP contribution < -0.4 is 14.8 Å². The lowest BCUT2D eigenvalue weighted by molar-refractivity contribution is 0.0790. The number of furan rings is 1. The van der Waals surface area contributed by atoms with Gasteiger partial charge in [-0.15, -0.1) is 0 Å². The molecule has 0 spiro atoms. The van der Waals surface area contributed by atoms with Gasteiger partial charge in [-0.2, -0.15) is 0 Å². The summed E-state index contributed by atoms with van der Waals surface area (Å²) in [6, 6.07) is 11.1. The number of ether oxygens (including phenoxy) is 2. The third-order valence-corrected chi connectivity index (χ3v) is 5.24. The van der Waals surface area contributed by atoms with Gasteiger partial charge in [0.05, 0.1) is 28.9 Å². The zero-order valence-electron chi connectivity index (χ0n) is 17.4. The van der Waals surface area contributed by atoms with Crippen molar-refractivity contribution < 1.29 is 23.2 Å². The number of nitrogens with one attached hydrogen (secondary N) is 1. The molecule has 0 saturated carbocycles. The number of pyridine rings is 1. The van der Waals surface area contributed by atoms with E-state index in [1.54, 1.807) is 13.0 Å². The maximum atomic E-state index is 13.1. The molecule has 3 aromatic heterocycles. The molecule has 1 aliphatic heterocycles. The number of rotatable bonds is 4. The number of carbonyl (C=O) groups is 1. The van der Waals surface area contributed by atoms with E-state index in [9.17, 15) is 4.79 Å². The zero-order valence-corrected chi connectivity index (χ0v) is 17.4. The molecule has 1 unspecified atom stereocenters. The molecule has 0 radical (unpaired) electrons. The summed E-state index contributed by atoms with van der Waals surface area (Å²) in [4.78, 5) is 17.7. The Labute approximate surface area is 178 Å². The van der Waals surface area contributed by atoms with Crippen LogP contribution in [0.1, 0.15) is 27.6 Å². The third kappa shape index (κ3) is 3.50. The van der Waals surface area contributed by atoms with E-state index >= 15 is 0 Å². The number of hydrogen-bond donors (Lipinski definition) is 1. The van der Waals surface area contributed by atoms with Crippen LogP contribution in [-0.2, 0) is 0 Å². The molecule has 1 aliphatic rings. The number of aromatic nitrogens is 2. The molecule has 0 fully saturated rings. The molecule has 1 aromatic carbocycles. The first kappa shape index (κ1) is 19.2. The molecule has 0 aliphatic carbocycles. The number of nitrogens with zero attached hydrogens (tertiary/aromatic N) is 2. The van der Waals surface area contributed by atoms with E-state index in [0.29, 0.717) is 52.7 Å². The SMILES string of the molecule is Cc1cc(-c2cc(C(=O)NCC3COc4ccccc4O3)c3c(C)noc3n2)c(C)o1. The number of hydrogen-bond acceptors (Lipinski definition) is 7. The Morgan fingerprint density at radius 3 is 2.74 bits per heavy atom. The lowest BCUT2D eigenvalue weighted by atomic mass is 10.1. The van der Waals surface area contributed by atoms with Crippen LogP contribution in [0, 0.1) is 20.8 Å². The predicted molar refractivity (Wildman–Crippen MR) is 112 cm³/mol. The van der Waals surface area contributed by atoms with Gasteiger partial charge >= 0.3 is 0 Å². The smallest absolute Gasteiger partial charge is 0.259 e. The topological polar surface area (TPSA) is 99.6 Å². The quantitative estimate of drug-likeness (QED) is 0.534. The first-order chi connectivity index (χ1) is 15.0. The second-order valence-corrected chi connectivity index (χ2v) is 7.54. The summed E-state index contributed by atoms with van der Waals surface area (Å²) >= 11 is 0. The molecule has 1 N–H and O–H groups in total. The Kier molecular flexibility index (Phi) is 4.62. The molecule has 31 heavy (non-hydrogen) atoms. The predicted octanol–water partition coefficient (Wildman–Crippen LogP) is 3.98. The summed E-state index contributed by atoms with van der Waals surface area (Å²) in [6.45, 7) is 6.16. The van der Waals surface area contributed by atoms with Crippen LogP contribution in [0.25, 0.3) is 22.4 Å². The highest BCUT2D eigenvalue weighted by Gasteiger charge is 2.24. The van der Waals surface area contributed by atoms with E-state index in [1.165, 1.54) is 0 Å². The van der Waals surface area contributed by atoms with E-state index in [2.05, 4.69) is 15.5 Å². The molecular formula is C23H21N3O5. The molecule has 4 aromatic rings. The summed E-state index contributed by atoms with van der Waals surface area (Å²) in [5, 5.41) is 7.52. The van der Waals surface area contributed by atoms with E-state index in [1.807, 2.05) is 44.2 Å². The van der Waals surface area contributed by atoms with E-state index in [4.69, 9.17) is 18.4 Å². The monoisotopic (exact) mass is 419 g/mol. The standard InChI is InChI=1S/C23H21N3O5/c1-12-8-16(14(3)29-12)18-9-17(21-13(2)26-31-23(21)25-18)22(27)24-10-15-11-28-19-6-4-5-7-20(19)30-15/h4-9,15H,10-11H2,1-3H3,(H,24,27). The fraction of sp³-hybridized carbons (Fsp3) is 0.261. The number of aryl methyl sites for hydroxylation is 3. The average Bonchev–Trinajstić information content (AvgIpc) is 3.32. The number of benzene rings is 1. The van der Waals surface area contributed by atoms with Crippen molar-refractivity contribution in [3.8, 4) is 22.8 Å². The summed E-state index contributed by atoms with van der Waals surface area (Å²) in [5.41, 5.74) is 2.75. The number of para-hydroxylation sites is 2. The van der Waals surface area contributed by atoms with Crippen molar-refractivity contribution in [2.45, 2.75) is 26.9 Å². The van der Waals surface area contributed by atoms with Crippen LogP contribution in [-0.4, -0.2) is 35.3 Å². The van der Waals surface area contributed by atoms with Gasteiger partial charge in [-0.1, -0.05) is 17.3 Å². The first-order valence-corrected chi connectivity index (χ1v) is 10.0. The van der Waals surface area contributed by atoms with Gasteiger partial charge in [-0.05, 0) is 45.0 Å². The highest BCUT2D eigenvalue weighted by atomic mass is 16.6. The maximum absolute atomic E-state index is 13.1. The lowest BCUT2D eigenvalue weighted by Crippen LogP contribution is -2.40. The zero-order chi connectivity index (χ0) is 21.5. The van der Waals surface area contributed by atoms with Crippen molar-refractivity contribution in [1.29, 1.82) is 0 Å². The van der Waals surface area contributed by atoms with Gasteiger partial charge in [-0.3, -0.25) is 4.79 Å². The lowest BCUT2D eigenvalue weighted by Gasteiger charge is -2.26. The maximum Gasteiger partial charge on any atom is 0.259 e. The highest BCUT2D eigenvalue weighted by molar-refractivity contribution is 6.07.